The van der Waals surface area contributed by atoms with E-state index < -0.39 is 0 Å². The van der Waals surface area contributed by atoms with Crippen LogP contribution in [-0.4, -0.2) is 28.4 Å². The lowest BCUT2D eigenvalue weighted by Crippen LogP contribution is -2.36. The number of nitrogens with zero attached hydrogens (tertiary/aromatic N) is 2. The fraction of sp³-hybridized carbons (Fsp3) is 0.500. The molecule has 1 unspecified atom stereocenters. The number of benzene rings is 1. The van der Waals surface area contributed by atoms with Crippen LogP contribution in [0.3, 0.4) is 0 Å². The van der Waals surface area contributed by atoms with E-state index in [1.165, 1.54) is 19.3 Å². The van der Waals surface area contributed by atoms with Gasteiger partial charge in [0.05, 0.1) is 11.0 Å². The van der Waals surface area contributed by atoms with Gasteiger partial charge in [-0.2, -0.15) is 0 Å². The van der Waals surface area contributed by atoms with Crippen molar-refractivity contribution in [2.75, 3.05) is 23.3 Å². The van der Waals surface area contributed by atoms with Gasteiger partial charge in [0.1, 0.15) is 0 Å². The van der Waals surface area contributed by atoms with Crippen LogP contribution in [0.2, 0.25) is 0 Å². The van der Waals surface area contributed by atoms with Crippen molar-refractivity contribution in [1.82, 2.24) is 9.97 Å². The highest BCUT2D eigenvalue weighted by Crippen LogP contribution is 2.25. The lowest BCUT2D eigenvalue weighted by molar-refractivity contribution is 0.405. The van der Waals surface area contributed by atoms with Crippen LogP contribution >= 0.6 is 15.9 Å². The number of para-hydroxylation sites is 2. The van der Waals surface area contributed by atoms with E-state index in [9.17, 15) is 0 Å². The smallest absolute Gasteiger partial charge is 0.203 e. The number of aromatic amines is 1. The molecule has 0 amide bonds. The van der Waals surface area contributed by atoms with Gasteiger partial charge in [-0.05, 0) is 37.3 Å². The maximum atomic E-state index is 4.69. The quantitative estimate of drug-likeness (QED) is 0.879. The second kappa shape index (κ2) is 5.31. The number of fused-ring (bicyclic) bond motifs is 1. The second-order valence-electron chi connectivity index (χ2n) is 5.01. The predicted octanol–water partition coefficient (Wildman–Crippen LogP) is 3.56. The van der Waals surface area contributed by atoms with E-state index in [0.29, 0.717) is 0 Å². The van der Waals surface area contributed by atoms with Crippen LogP contribution in [0.1, 0.15) is 19.3 Å². The highest BCUT2D eigenvalue weighted by atomic mass is 79.9. The summed E-state index contributed by atoms with van der Waals surface area (Å²) in [6, 6.07) is 8.24. The lowest BCUT2D eigenvalue weighted by Gasteiger charge is -2.32. The summed E-state index contributed by atoms with van der Waals surface area (Å²) in [4.78, 5) is 10.5. The number of halogens is 1. The van der Waals surface area contributed by atoms with Gasteiger partial charge in [0.2, 0.25) is 5.95 Å². The van der Waals surface area contributed by atoms with Crippen molar-refractivity contribution < 1.29 is 0 Å². The highest BCUT2D eigenvalue weighted by Gasteiger charge is 2.21. The molecule has 18 heavy (non-hydrogen) atoms. The minimum Gasteiger partial charge on any atom is -0.342 e. The van der Waals surface area contributed by atoms with Gasteiger partial charge < -0.3 is 9.88 Å². The van der Waals surface area contributed by atoms with Gasteiger partial charge in [0.15, 0.2) is 0 Å². The summed E-state index contributed by atoms with van der Waals surface area (Å²) in [5.74, 6) is 1.84. The molecule has 1 aliphatic rings. The average Bonchev–Trinajstić information content (AvgIpc) is 2.83. The molecule has 1 aliphatic heterocycles. The summed E-state index contributed by atoms with van der Waals surface area (Å²) in [7, 11) is 0. The van der Waals surface area contributed by atoms with Gasteiger partial charge in [-0.15, -0.1) is 0 Å². The zero-order valence-corrected chi connectivity index (χ0v) is 12.0. The number of hydrogen-bond donors (Lipinski definition) is 1. The van der Waals surface area contributed by atoms with Crippen LogP contribution in [0.4, 0.5) is 5.95 Å². The Hall–Kier alpha value is -1.03. The number of piperidine rings is 1. The zero-order chi connectivity index (χ0) is 12.4. The minimum absolute atomic E-state index is 0.798. The Labute approximate surface area is 116 Å². The summed E-state index contributed by atoms with van der Waals surface area (Å²) >= 11 is 3.55. The summed E-state index contributed by atoms with van der Waals surface area (Å²) in [6.07, 6.45) is 3.88. The maximum absolute atomic E-state index is 4.69. The molecule has 1 N–H and O–H groups in total. The molecule has 3 rings (SSSR count). The fourth-order valence-corrected chi connectivity index (χ4v) is 3.38. The summed E-state index contributed by atoms with van der Waals surface area (Å²) < 4.78 is 0. The van der Waals surface area contributed by atoms with Crippen LogP contribution in [0.15, 0.2) is 24.3 Å². The number of H-pyrrole nitrogens is 1. The Balaban J connectivity index is 1.80. The molecule has 1 fully saturated rings. The highest BCUT2D eigenvalue weighted by molar-refractivity contribution is 9.09. The first-order chi connectivity index (χ1) is 8.86. The Kier molecular flexibility index (Phi) is 3.55. The number of rotatable bonds is 3. The molecule has 0 saturated carbocycles. The minimum atomic E-state index is 0.798. The molecule has 1 aromatic carbocycles. The van der Waals surface area contributed by atoms with Gasteiger partial charge in [-0.3, -0.25) is 0 Å². The molecule has 4 heteroatoms. The molecule has 3 nitrogen and oxygen atoms in total. The first-order valence-corrected chi connectivity index (χ1v) is 7.74. The van der Waals surface area contributed by atoms with Gasteiger partial charge in [-0.1, -0.05) is 28.1 Å². The molecule has 2 aromatic rings. The van der Waals surface area contributed by atoms with E-state index in [-0.39, 0.29) is 0 Å². The van der Waals surface area contributed by atoms with Crippen LogP contribution in [-0.2, 0) is 0 Å². The summed E-state index contributed by atoms with van der Waals surface area (Å²) in [5.41, 5.74) is 2.20. The number of nitrogens with one attached hydrogen (secondary N) is 1. The van der Waals surface area contributed by atoms with Gasteiger partial charge in [-0.25, -0.2) is 4.98 Å². The predicted molar refractivity (Wildman–Crippen MR) is 79.4 cm³/mol. The number of anilines is 1. The Bertz CT molecular complexity index is 487. The molecule has 0 bridgehead atoms. The molecule has 1 aromatic heterocycles. The third-order valence-corrected chi connectivity index (χ3v) is 4.17. The monoisotopic (exact) mass is 307 g/mol. The number of imidazole rings is 1. The van der Waals surface area contributed by atoms with E-state index in [0.717, 1.165) is 41.3 Å². The largest absolute Gasteiger partial charge is 0.342 e. The lowest BCUT2D eigenvalue weighted by atomic mass is 9.96. The first kappa shape index (κ1) is 12.0. The first-order valence-electron chi connectivity index (χ1n) is 6.62. The number of hydrogen-bond acceptors (Lipinski definition) is 2. The van der Waals surface area contributed by atoms with Crippen molar-refractivity contribution in [2.24, 2.45) is 5.92 Å². The van der Waals surface area contributed by atoms with Crippen molar-refractivity contribution in [3.05, 3.63) is 24.3 Å². The zero-order valence-electron chi connectivity index (χ0n) is 10.4. The molecule has 0 aliphatic carbocycles. The van der Waals surface area contributed by atoms with Crippen molar-refractivity contribution in [2.45, 2.75) is 19.3 Å². The van der Waals surface area contributed by atoms with Gasteiger partial charge in [0, 0.05) is 18.4 Å². The van der Waals surface area contributed by atoms with Gasteiger partial charge >= 0.3 is 0 Å². The van der Waals surface area contributed by atoms with Crippen molar-refractivity contribution >= 4 is 32.9 Å². The van der Waals surface area contributed by atoms with Crippen molar-refractivity contribution in [3.63, 3.8) is 0 Å². The third-order valence-electron chi connectivity index (χ3n) is 3.71. The molecular weight excluding hydrogens is 290 g/mol. The van der Waals surface area contributed by atoms with Crippen LogP contribution in [0.25, 0.3) is 11.0 Å². The average molecular weight is 308 g/mol. The Morgan fingerprint density at radius 2 is 2.28 bits per heavy atom. The molecular formula is C14H18BrN3. The fourth-order valence-electron chi connectivity index (χ4n) is 2.74. The third kappa shape index (κ3) is 2.39. The molecule has 0 radical (unpaired) electrons. The van der Waals surface area contributed by atoms with Crippen LogP contribution < -0.4 is 4.90 Å². The van der Waals surface area contributed by atoms with E-state index in [2.05, 4.69) is 42.9 Å². The standard InChI is InChI=1S/C14H18BrN3/c15-8-7-11-4-3-9-18(10-11)14-16-12-5-1-2-6-13(12)17-14/h1-2,5-6,11H,3-4,7-10H2,(H,16,17). The van der Waals surface area contributed by atoms with Crippen LogP contribution in [0.5, 0.6) is 0 Å². The van der Waals surface area contributed by atoms with E-state index in [1.54, 1.807) is 0 Å². The normalized spacial score (nSPS) is 20.5. The van der Waals surface area contributed by atoms with E-state index >= 15 is 0 Å². The van der Waals surface area contributed by atoms with Crippen molar-refractivity contribution in [3.8, 4) is 0 Å². The molecule has 1 atom stereocenters. The second-order valence-corrected chi connectivity index (χ2v) is 5.80. The molecule has 96 valence electrons. The number of alkyl halides is 1. The van der Waals surface area contributed by atoms with Crippen molar-refractivity contribution in [1.29, 1.82) is 0 Å². The maximum Gasteiger partial charge on any atom is 0.203 e. The number of aromatic nitrogens is 2. The topological polar surface area (TPSA) is 31.9 Å². The summed E-state index contributed by atoms with van der Waals surface area (Å²) in [5, 5.41) is 1.10. The SMILES string of the molecule is BrCCC1CCCN(c2nc3ccccc3[nH]2)C1. The summed E-state index contributed by atoms with van der Waals surface area (Å²) in [6.45, 7) is 2.25. The van der Waals surface area contributed by atoms with E-state index in [1.807, 2.05) is 12.1 Å². The molecule has 0 spiro atoms. The Morgan fingerprint density at radius 1 is 1.39 bits per heavy atom. The van der Waals surface area contributed by atoms with Gasteiger partial charge in [0.25, 0.3) is 0 Å². The molecule has 2 heterocycles. The van der Waals surface area contributed by atoms with E-state index in [4.69, 9.17) is 0 Å². The molecule has 1 saturated heterocycles. The van der Waals surface area contributed by atoms with Crippen LogP contribution in [0, 0.1) is 5.92 Å². The Morgan fingerprint density at radius 3 is 3.11 bits per heavy atom.